The van der Waals surface area contributed by atoms with Crippen molar-refractivity contribution in [1.82, 2.24) is 10.6 Å². The number of aliphatic hydroxyl groups excluding tert-OH is 1. The van der Waals surface area contributed by atoms with Gasteiger partial charge in [-0.25, -0.2) is 9.59 Å². The summed E-state index contributed by atoms with van der Waals surface area (Å²) in [7, 11) is 0. The van der Waals surface area contributed by atoms with Gasteiger partial charge in [0.25, 0.3) is 0 Å². The first-order valence-electron chi connectivity index (χ1n) is 10.7. The number of rotatable bonds is 10. The summed E-state index contributed by atoms with van der Waals surface area (Å²) >= 11 is 0. The molecule has 0 fully saturated rings. The zero-order valence-electron chi connectivity index (χ0n) is 18.3. The summed E-state index contributed by atoms with van der Waals surface area (Å²) in [5, 5.41) is 24.4. The van der Waals surface area contributed by atoms with Crippen molar-refractivity contribution in [3.8, 4) is 0 Å². The van der Waals surface area contributed by atoms with E-state index in [4.69, 9.17) is 4.74 Å². The van der Waals surface area contributed by atoms with Crippen LogP contribution in [0.2, 0.25) is 0 Å². The van der Waals surface area contributed by atoms with Crippen molar-refractivity contribution in [3.63, 3.8) is 0 Å². The monoisotopic (exact) mass is 462 g/mol. The Kier molecular flexibility index (Phi) is 8.76. The summed E-state index contributed by atoms with van der Waals surface area (Å²) in [4.78, 5) is 37.2. The fourth-order valence-electron chi connectivity index (χ4n) is 3.54. The Hall–Kier alpha value is -4.17. The number of carbonyl (C=O) groups excluding carboxylic acids is 2. The van der Waals surface area contributed by atoms with Gasteiger partial charge < -0.3 is 25.6 Å². The molecule has 0 aliphatic rings. The zero-order valence-corrected chi connectivity index (χ0v) is 18.3. The summed E-state index contributed by atoms with van der Waals surface area (Å²) in [6, 6.07) is 24.1. The second kappa shape index (κ2) is 12.2. The van der Waals surface area contributed by atoms with Gasteiger partial charge in [-0.3, -0.25) is 4.79 Å². The van der Waals surface area contributed by atoms with Gasteiger partial charge in [-0.05, 0) is 16.7 Å². The maximum atomic E-state index is 12.9. The van der Waals surface area contributed by atoms with Crippen LogP contribution in [0.3, 0.4) is 0 Å². The van der Waals surface area contributed by atoms with Gasteiger partial charge in [0.15, 0.2) is 0 Å². The molecule has 176 valence electrons. The molecule has 2 atom stereocenters. The van der Waals surface area contributed by atoms with Crippen molar-refractivity contribution >= 4 is 18.0 Å². The number of alkyl carbamates (subject to hydrolysis) is 1. The lowest BCUT2D eigenvalue weighted by Crippen LogP contribution is -2.54. The Morgan fingerprint density at radius 1 is 0.765 bits per heavy atom. The molecule has 0 bridgehead atoms. The van der Waals surface area contributed by atoms with Gasteiger partial charge in [0.05, 0.1) is 6.61 Å². The van der Waals surface area contributed by atoms with E-state index < -0.39 is 42.6 Å². The van der Waals surface area contributed by atoms with Crippen molar-refractivity contribution in [2.24, 2.45) is 0 Å². The third kappa shape index (κ3) is 6.66. The molecule has 0 spiro atoms. The van der Waals surface area contributed by atoms with Gasteiger partial charge in [-0.2, -0.15) is 0 Å². The molecule has 0 saturated heterocycles. The average molecular weight is 463 g/mol. The van der Waals surface area contributed by atoms with E-state index in [0.29, 0.717) is 11.1 Å². The van der Waals surface area contributed by atoms with E-state index in [1.165, 1.54) is 0 Å². The maximum Gasteiger partial charge on any atom is 0.408 e. The van der Waals surface area contributed by atoms with Crippen LogP contribution in [0.1, 0.15) is 22.6 Å². The molecule has 0 saturated carbocycles. The SMILES string of the molecule is O=C(N[C@@H](CO)C(=O)N[C@H](C(=O)O)C(c1ccccc1)c1ccccc1)OCc1ccccc1. The molecule has 3 aromatic rings. The van der Waals surface area contributed by atoms with Crippen LogP contribution in [0.25, 0.3) is 0 Å². The summed E-state index contributed by atoms with van der Waals surface area (Å²) in [5.74, 6) is -2.80. The number of aliphatic hydroxyl groups is 1. The van der Waals surface area contributed by atoms with E-state index in [9.17, 15) is 24.6 Å². The molecule has 0 aliphatic carbocycles. The summed E-state index contributed by atoms with van der Waals surface area (Å²) in [5.41, 5.74) is 2.14. The van der Waals surface area contributed by atoms with E-state index in [-0.39, 0.29) is 6.61 Å². The van der Waals surface area contributed by atoms with Gasteiger partial charge in [-0.1, -0.05) is 91.0 Å². The highest BCUT2D eigenvalue weighted by atomic mass is 16.5. The Morgan fingerprint density at radius 3 is 1.74 bits per heavy atom. The third-order valence-corrected chi connectivity index (χ3v) is 5.22. The van der Waals surface area contributed by atoms with Crippen LogP contribution in [0.15, 0.2) is 91.0 Å². The van der Waals surface area contributed by atoms with Crippen LogP contribution in [0.4, 0.5) is 4.79 Å². The zero-order chi connectivity index (χ0) is 24.3. The van der Waals surface area contributed by atoms with Crippen LogP contribution < -0.4 is 10.6 Å². The molecule has 0 aliphatic heterocycles. The molecule has 0 radical (unpaired) electrons. The fraction of sp³-hybridized carbons (Fsp3) is 0.192. The number of aliphatic carboxylic acids is 1. The second-order valence-electron chi connectivity index (χ2n) is 7.56. The lowest BCUT2D eigenvalue weighted by molar-refractivity contribution is -0.142. The first-order valence-corrected chi connectivity index (χ1v) is 10.7. The van der Waals surface area contributed by atoms with Gasteiger partial charge in [0.2, 0.25) is 5.91 Å². The number of hydrogen-bond acceptors (Lipinski definition) is 5. The fourth-order valence-corrected chi connectivity index (χ4v) is 3.54. The normalized spacial score (nSPS) is 12.4. The first kappa shape index (κ1) is 24.5. The number of carbonyl (C=O) groups is 3. The highest BCUT2D eigenvalue weighted by Crippen LogP contribution is 2.28. The Labute approximate surface area is 197 Å². The quantitative estimate of drug-likeness (QED) is 0.367. The van der Waals surface area contributed by atoms with Crippen LogP contribution in [0, 0.1) is 0 Å². The van der Waals surface area contributed by atoms with Crippen LogP contribution >= 0.6 is 0 Å². The predicted octanol–water partition coefficient (Wildman–Crippen LogP) is 2.68. The molecule has 0 heterocycles. The Balaban J connectivity index is 1.73. The number of carboxylic acids is 1. The molecule has 8 heteroatoms. The number of benzene rings is 3. The molecule has 0 aromatic heterocycles. The molecule has 4 N–H and O–H groups in total. The third-order valence-electron chi connectivity index (χ3n) is 5.22. The summed E-state index contributed by atoms with van der Waals surface area (Å²) in [6.07, 6.45) is -0.910. The molecule has 3 aromatic carbocycles. The van der Waals surface area contributed by atoms with Crippen molar-refractivity contribution < 1.29 is 29.3 Å². The Bertz CT molecular complexity index is 1040. The molecule has 3 rings (SSSR count). The lowest BCUT2D eigenvalue weighted by atomic mass is 9.85. The van der Waals surface area contributed by atoms with Crippen LogP contribution in [-0.4, -0.2) is 46.9 Å². The minimum Gasteiger partial charge on any atom is -0.480 e. The number of hydrogen-bond donors (Lipinski definition) is 4. The van der Waals surface area contributed by atoms with E-state index in [1.807, 2.05) is 18.2 Å². The molecular formula is C26H26N2O6. The highest BCUT2D eigenvalue weighted by molar-refractivity contribution is 5.90. The average Bonchev–Trinajstić information content (AvgIpc) is 2.87. The van der Waals surface area contributed by atoms with Crippen LogP contribution in [0.5, 0.6) is 0 Å². The van der Waals surface area contributed by atoms with Gasteiger partial charge in [-0.15, -0.1) is 0 Å². The van der Waals surface area contributed by atoms with E-state index in [2.05, 4.69) is 10.6 Å². The summed E-state index contributed by atoms with van der Waals surface area (Å²) < 4.78 is 5.09. The number of nitrogens with one attached hydrogen (secondary N) is 2. The minimum absolute atomic E-state index is 0.0196. The molecule has 8 nitrogen and oxygen atoms in total. The van der Waals surface area contributed by atoms with Gasteiger partial charge in [0.1, 0.15) is 18.7 Å². The van der Waals surface area contributed by atoms with Crippen LogP contribution in [-0.2, 0) is 20.9 Å². The van der Waals surface area contributed by atoms with Crippen molar-refractivity contribution in [2.75, 3.05) is 6.61 Å². The number of carboxylic acid groups (broad SMARTS) is 1. The van der Waals surface area contributed by atoms with Crippen molar-refractivity contribution in [3.05, 3.63) is 108 Å². The van der Waals surface area contributed by atoms with Crippen molar-refractivity contribution in [1.29, 1.82) is 0 Å². The topological polar surface area (TPSA) is 125 Å². The van der Waals surface area contributed by atoms with E-state index >= 15 is 0 Å². The number of amides is 2. The number of ether oxygens (including phenoxy) is 1. The maximum absolute atomic E-state index is 12.9. The molecule has 2 amide bonds. The van der Waals surface area contributed by atoms with Crippen molar-refractivity contribution in [2.45, 2.75) is 24.6 Å². The smallest absolute Gasteiger partial charge is 0.408 e. The lowest BCUT2D eigenvalue weighted by Gasteiger charge is -2.27. The molecule has 34 heavy (non-hydrogen) atoms. The summed E-state index contributed by atoms with van der Waals surface area (Å²) in [6.45, 7) is -0.756. The van der Waals surface area contributed by atoms with Gasteiger partial charge in [0, 0.05) is 5.92 Å². The standard InChI is InChI=1S/C26H26N2O6/c29-16-21(27-26(33)34-17-18-10-4-1-5-11-18)24(30)28-23(25(31)32)22(19-12-6-2-7-13-19)20-14-8-3-9-15-20/h1-15,21-23,29H,16-17H2,(H,27,33)(H,28,30)(H,31,32)/t21-,23-/m0/s1. The molecule has 0 unspecified atom stereocenters. The van der Waals surface area contributed by atoms with Gasteiger partial charge >= 0.3 is 12.1 Å². The predicted molar refractivity (Wildman–Crippen MR) is 125 cm³/mol. The minimum atomic E-state index is -1.39. The van der Waals surface area contributed by atoms with E-state index in [0.717, 1.165) is 5.56 Å². The Morgan fingerprint density at radius 2 is 1.26 bits per heavy atom. The second-order valence-corrected chi connectivity index (χ2v) is 7.56. The first-order chi connectivity index (χ1) is 16.5. The largest absolute Gasteiger partial charge is 0.480 e. The van der Waals surface area contributed by atoms with E-state index in [1.54, 1.807) is 72.8 Å². The highest BCUT2D eigenvalue weighted by Gasteiger charge is 2.34. The molecular weight excluding hydrogens is 436 g/mol.